The van der Waals surface area contributed by atoms with E-state index in [1.807, 2.05) is 30.0 Å². The van der Waals surface area contributed by atoms with Crippen molar-refractivity contribution in [3.63, 3.8) is 0 Å². The van der Waals surface area contributed by atoms with Crippen LogP contribution in [-0.2, 0) is 0 Å². The van der Waals surface area contributed by atoms with Crippen LogP contribution in [0.4, 0.5) is 5.69 Å². The Kier molecular flexibility index (Phi) is 4.10. The zero-order chi connectivity index (χ0) is 12.1. The molecule has 0 amide bonds. The second-order valence-corrected chi connectivity index (χ2v) is 5.22. The number of anilines is 1. The Balaban J connectivity index is 1.97. The van der Waals surface area contributed by atoms with Gasteiger partial charge in [-0.25, -0.2) is 0 Å². The average molecular weight is 243 g/mol. The number of thioether (sulfide) groups is 1. The van der Waals surface area contributed by atoms with Gasteiger partial charge in [-0.2, -0.15) is 0 Å². The standard InChI is InChI=1S/C15H17NS/c1-12(13-7-3-2-4-8-13)11-17-15-10-6-5-9-14(15)16/h2-10,12H,11,16H2,1H3. The Bertz CT molecular complexity index is 467. The molecule has 2 rings (SSSR count). The fourth-order valence-corrected chi connectivity index (χ4v) is 2.74. The van der Waals surface area contributed by atoms with Crippen LogP contribution in [0.2, 0.25) is 0 Å². The average Bonchev–Trinajstić information content (AvgIpc) is 2.38. The highest BCUT2D eigenvalue weighted by Gasteiger charge is 2.06. The third-order valence-corrected chi connectivity index (χ3v) is 4.13. The lowest BCUT2D eigenvalue weighted by molar-refractivity contribution is 0.880. The molecule has 0 aliphatic carbocycles. The summed E-state index contributed by atoms with van der Waals surface area (Å²) in [7, 11) is 0. The van der Waals surface area contributed by atoms with Crippen LogP contribution in [0.25, 0.3) is 0 Å². The molecule has 17 heavy (non-hydrogen) atoms. The SMILES string of the molecule is CC(CSc1ccccc1N)c1ccccc1. The number of para-hydroxylation sites is 1. The number of hydrogen-bond donors (Lipinski definition) is 1. The van der Waals surface area contributed by atoms with E-state index in [2.05, 4.69) is 43.3 Å². The summed E-state index contributed by atoms with van der Waals surface area (Å²) in [6, 6.07) is 18.6. The van der Waals surface area contributed by atoms with Gasteiger partial charge in [0.2, 0.25) is 0 Å². The Labute approximate surface area is 107 Å². The summed E-state index contributed by atoms with van der Waals surface area (Å²) in [5, 5.41) is 0. The molecule has 0 bridgehead atoms. The summed E-state index contributed by atoms with van der Waals surface area (Å²) < 4.78 is 0. The van der Waals surface area contributed by atoms with Gasteiger partial charge in [-0.05, 0) is 23.6 Å². The van der Waals surface area contributed by atoms with Crippen LogP contribution >= 0.6 is 11.8 Å². The minimum absolute atomic E-state index is 0.542. The van der Waals surface area contributed by atoms with Gasteiger partial charge in [0, 0.05) is 16.3 Å². The first-order chi connectivity index (χ1) is 8.27. The predicted molar refractivity (Wildman–Crippen MR) is 76.4 cm³/mol. The Morgan fingerprint density at radius 2 is 1.65 bits per heavy atom. The fourth-order valence-electron chi connectivity index (χ4n) is 1.70. The molecule has 88 valence electrons. The van der Waals surface area contributed by atoms with Gasteiger partial charge in [-0.3, -0.25) is 0 Å². The van der Waals surface area contributed by atoms with Gasteiger partial charge < -0.3 is 5.73 Å². The lowest BCUT2D eigenvalue weighted by Crippen LogP contribution is -1.97. The van der Waals surface area contributed by atoms with Crippen LogP contribution < -0.4 is 5.73 Å². The lowest BCUT2D eigenvalue weighted by Gasteiger charge is -2.12. The zero-order valence-corrected chi connectivity index (χ0v) is 10.8. The molecule has 1 atom stereocenters. The number of nitrogen functional groups attached to an aromatic ring is 1. The van der Waals surface area contributed by atoms with Crippen molar-refractivity contribution in [3.8, 4) is 0 Å². The highest BCUT2D eigenvalue weighted by molar-refractivity contribution is 7.99. The van der Waals surface area contributed by atoms with E-state index in [1.165, 1.54) is 10.5 Å². The largest absolute Gasteiger partial charge is 0.398 e. The summed E-state index contributed by atoms with van der Waals surface area (Å²) in [6.45, 7) is 2.25. The topological polar surface area (TPSA) is 26.0 Å². The van der Waals surface area contributed by atoms with Crippen molar-refractivity contribution in [2.75, 3.05) is 11.5 Å². The van der Waals surface area contributed by atoms with Crippen molar-refractivity contribution in [1.29, 1.82) is 0 Å². The molecule has 2 N–H and O–H groups in total. The van der Waals surface area contributed by atoms with Gasteiger partial charge in [0.15, 0.2) is 0 Å². The maximum absolute atomic E-state index is 5.92. The second-order valence-electron chi connectivity index (χ2n) is 4.16. The molecule has 2 heteroatoms. The second kappa shape index (κ2) is 5.78. The van der Waals surface area contributed by atoms with E-state index < -0.39 is 0 Å². The van der Waals surface area contributed by atoms with Gasteiger partial charge in [0.05, 0.1) is 0 Å². The molecular formula is C15H17NS. The number of nitrogens with two attached hydrogens (primary N) is 1. The van der Waals surface area contributed by atoms with Crippen molar-refractivity contribution in [3.05, 3.63) is 60.2 Å². The minimum atomic E-state index is 0.542. The van der Waals surface area contributed by atoms with Crippen LogP contribution in [0.15, 0.2) is 59.5 Å². The molecule has 0 fully saturated rings. The maximum Gasteiger partial charge on any atom is 0.0452 e. The first-order valence-electron chi connectivity index (χ1n) is 5.79. The molecule has 1 unspecified atom stereocenters. The smallest absolute Gasteiger partial charge is 0.0452 e. The van der Waals surface area contributed by atoms with Crippen molar-refractivity contribution >= 4 is 17.4 Å². The first kappa shape index (κ1) is 12.1. The Morgan fingerprint density at radius 3 is 2.35 bits per heavy atom. The number of hydrogen-bond acceptors (Lipinski definition) is 2. The summed E-state index contributed by atoms with van der Waals surface area (Å²) in [6.07, 6.45) is 0. The molecule has 2 aromatic carbocycles. The lowest BCUT2D eigenvalue weighted by atomic mass is 10.0. The number of benzene rings is 2. The van der Waals surface area contributed by atoms with Crippen LogP contribution in [0, 0.1) is 0 Å². The minimum Gasteiger partial charge on any atom is -0.398 e. The normalized spacial score (nSPS) is 12.3. The summed E-state index contributed by atoms with van der Waals surface area (Å²) >= 11 is 1.82. The molecule has 0 saturated carbocycles. The van der Waals surface area contributed by atoms with Crippen LogP contribution in [0.3, 0.4) is 0 Å². The summed E-state index contributed by atoms with van der Waals surface area (Å²) in [4.78, 5) is 1.18. The van der Waals surface area contributed by atoms with Crippen molar-refractivity contribution < 1.29 is 0 Å². The van der Waals surface area contributed by atoms with E-state index in [0.29, 0.717) is 5.92 Å². The van der Waals surface area contributed by atoms with E-state index in [9.17, 15) is 0 Å². The highest BCUT2D eigenvalue weighted by atomic mass is 32.2. The monoisotopic (exact) mass is 243 g/mol. The third kappa shape index (κ3) is 3.27. The van der Waals surface area contributed by atoms with Gasteiger partial charge in [0.1, 0.15) is 0 Å². The molecule has 0 spiro atoms. The van der Waals surface area contributed by atoms with E-state index in [1.54, 1.807) is 0 Å². The van der Waals surface area contributed by atoms with Gasteiger partial charge in [0.25, 0.3) is 0 Å². The Hall–Kier alpha value is -1.41. The molecule has 2 aromatic rings. The fraction of sp³-hybridized carbons (Fsp3) is 0.200. The van der Waals surface area contributed by atoms with Crippen LogP contribution in [-0.4, -0.2) is 5.75 Å². The van der Waals surface area contributed by atoms with Gasteiger partial charge in [-0.15, -0.1) is 11.8 Å². The van der Waals surface area contributed by atoms with Crippen molar-refractivity contribution in [1.82, 2.24) is 0 Å². The van der Waals surface area contributed by atoms with Gasteiger partial charge in [-0.1, -0.05) is 49.4 Å². The van der Waals surface area contributed by atoms with Gasteiger partial charge >= 0.3 is 0 Å². The summed E-state index contributed by atoms with van der Waals surface area (Å²) in [5.41, 5.74) is 8.18. The number of rotatable bonds is 4. The first-order valence-corrected chi connectivity index (χ1v) is 6.78. The van der Waals surface area contributed by atoms with E-state index in [0.717, 1.165) is 11.4 Å². The van der Waals surface area contributed by atoms with Crippen molar-refractivity contribution in [2.24, 2.45) is 0 Å². The quantitative estimate of drug-likeness (QED) is 0.644. The van der Waals surface area contributed by atoms with Crippen LogP contribution in [0.5, 0.6) is 0 Å². The molecule has 0 radical (unpaired) electrons. The highest BCUT2D eigenvalue weighted by Crippen LogP contribution is 2.29. The molecule has 1 nitrogen and oxygen atoms in total. The Morgan fingerprint density at radius 1 is 1.00 bits per heavy atom. The van der Waals surface area contributed by atoms with Crippen molar-refractivity contribution in [2.45, 2.75) is 17.7 Å². The zero-order valence-electron chi connectivity index (χ0n) is 9.97. The van der Waals surface area contributed by atoms with E-state index >= 15 is 0 Å². The summed E-state index contributed by atoms with van der Waals surface area (Å²) in [5.74, 6) is 1.60. The predicted octanol–water partition coefficient (Wildman–Crippen LogP) is 4.16. The molecule has 0 saturated heterocycles. The molecule has 0 aromatic heterocycles. The molecule has 0 aliphatic rings. The van der Waals surface area contributed by atoms with E-state index in [4.69, 9.17) is 5.73 Å². The molecule has 0 aliphatic heterocycles. The molecular weight excluding hydrogens is 226 g/mol. The van der Waals surface area contributed by atoms with E-state index in [-0.39, 0.29) is 0 Å². The third-order valence-electron chi connectivity index (χ3n) is 2.78. The van der Waals surface area contributed by atoms with Crippen LogP contribution in [0.1, 0.15) is 18.4 Å². The maximum atomic E-state index is 5.92. The molecule has 0 heterocycles.